The number of hydrogen-bond acceptors (Lipinski definition) is 1. The smallest absolute Gasteiger partial charge is 0.123 e. The fourth-order valence-corrected chi connectivity index (χ4v) is 2.38. The zero-order valence-electron chi connectivity index (χ0n) is 10.0. The van der Waals surface area contributed by atoms with Crippen LogP contribution in [0.2, 0.25) is 0 Å². The maximum atomic E-state index is 12.9. The van der Waals surface area contributed by atoms with Gasteiger partial charge >= 0.3 is 0 Å². The molecule has 1 aromatic carbocycles. The van der Waals surface area contributed by atoms with Crippen molar-refractivity contribution >= 4 is 11.6 Å². The molecule has 0 aliphatic heterocycles. The first-order valence-electron chi connectivity index (χ1n) is 5.47. The summed E-state index contributed by atoms with van der Waals surface area (Å²) >= 11 is 6.13. The Hall–Kier alpha value is -1.35. The maximum absolute atomic E-state index is 12.9. The first-order valence-corrected chi connectivity index (χ1v) is 5.90. The number of benzene rings is 1. The summed E-state index contributed by atoms with van der Waals surface area (Å²) in [6, 6.07) is 6.26. The van der Waals surface area contributed by atoms with Gasteiger partial charge in [0, 0.05) is 11.3 Å². The van der Waals surface area contributed by atoms with Crippen LogP contribution in [-0.4, -0.2) is 9.78 Å². The van der Waals surface area contributed by atoms with Gasteiger partial charge in [-0.15, -0.1) is 11.6 Å². The van der Waals surface area contributed by atoms with Gasteiger partial charge in [0.15, 0.2) is 0 Å². The second-order valence-corrected chi connectivity index (χ2v) is 4.74. The first kappa shape index (κ1) is 12.1. The minimum absolute atomic E-state index is 0.0794. The van der Waals surface area contributed by atoms with Crippen molar-refractivity contribution in [1.82, 2.24) is 9.78 Å². The van der Waals surface area contributed by atoms with Crippen molar-refractivity contribution in [3.05, 3.63) is 47.0 Å². The lowest BCUT2D eigenvalue weighted by molar-refractivity contribution is 0.627. The average molecular weight is 253 g/mol. The van der Waals surface area contributed by atoms with E-state index in [0.29, 0.717) is 0 Å². The molecule has 0 aliphatic rings. The van der Waals surface area contributed by atoms with E-state index in [4.69, 9.17) is 11.6 Å². The summed E-state index contributed by atoms with van der Waals surface area (Å²) in [6.45, 7) is 5.83. The summed E-state index contributed by atoms with van der Waals surface area (Å²) in [7, 11) is 0. The molecule has 0 N–H and O–H groups in total. The largest absolute Gasteiger partial charge is 0.238 e. The second kappa shape index (κ2) is 4.49. The normalized spacial score (nSPS) is 12.8. The summed E-state index contributed by atoms with van der Waals surface area (Å²) in [6.07, 6.45) is 0. The highest BCUT2D eigenvalue weighted by atomic mass is 35.5. The molecule has 0 fully saturated rings. The average Bonchev–Trinajstić information content (AvgIpc) is 2.55. The van der Waals surface area contributed by atoms with Crippen molar-refractivity contribution in [1.29, 1.82) is 0 Å². The van der Waals surface area contributed by atoms with Gasteiger partial charge < -0.3 is 0 Å². The summed E-state index contributed by atoms with van der Waals surface area (Å²) in [5, 5.41) is 4.36. The highest BCUT2D eigenvalue weighted by molar-refractivity contribution is 6.20. The van der Waals surface area contributed by atoms with E-state index in [0.717, 1.165) is 22.6 Å². The molecule has 0 aliphatic carbocycles. The SMILES string of the molecule is Cc1nn(-c2ccc(F)cc2)c(C)c1C(C)Cl. The lowest BCUT2D eigenvalue weighted by Crippen LogP contribution is -1.99. The number of aromatic nitrogens is 2. The van der Waals surface area contributed by atoms with E-state index in [1.165, 1.54) is 12.1 Å². The van der Waals surface area contributed by atoms with Gasteiger partial charge in [-0.2, -0.15) is 5.10 Å². The predicted molar refractivity (Wildman–Crippen MR) is 67.3 cm³/mol. The van der Waals surface area contributed by atoms with Gasteiger partial charge in [0.05, 0.1) is 16.8 Å². The molecule has 0 saturated heterocycles. The van der Waals surface area contributed by atoms with Crippen molar-refractivity contribution in [2.45, 2.75) is 26.1 Å². The maximum Gasteiger partial charge on any atom is 0.123 e. The molecule has 1 heterocycles. The standard InChI is InChI=1S/C13H14ClFN2/c1-8(14)13-9(2)16-17(10(13)3)12-6-4-11(15)5-7-12/h4-8H,1-3H3. The number of rotatable bonds is 2. The summed E-state index contributed by atoms with van der Waals surface area (Å²) in [4.78, 5) is 0. The first-order chi connectivity index (χ1) is 8.00. The molecule has 4 heteroatoms. The number of aryl methyl sites for hydroxylation is 1. The molecule has 2 aromatic rings. The molecule has 0 radical (unpaired) electrons. The third-order valence-electron chi connectivity index (χ3n) is 2.82. The van der Waals surface area contributed by atoms with Gasteiger partial charge in [0.2, 0.25) is 0 Å². The van der Waals surface area contributed by atoms with Gasteiger partial charge in [-0.05, 0) is 45.0 Å². The van der Waals surface area contributed by atoms with Crippen LogP contribution in [0.15, 0.2) is 24.3 Å². The van der Waals surface area contributed by atoms with Crippen LogP contribution in [0.1, 0.15) is 29.3 Å². The Morgan fingerprint density at radius 2 is 1.82 bits per heavy atom. The Morgan fingerprint density at radius 3 is 2.29 bits per heavy atom. The molecule has 0 amide bonds. The Balaban J connectivity index is 2.53. The van der Waals surface area contributed by atoms with Crippen LogP contribution in [0.25, 0.3) is 5.69 Å². The zero-order valence-corrected chi connectivity index (χ0v) is 10.8. The monoisotopic (exact) mass is 252 g/mol. The molecule has 0 saturated carbocycles. The van der Waals surface area contributed by atoms with Gasteiger partial charge in [-0.1, -0.05) is 0 Å². The van der Waals surface area contributed by atoms with Crippen LogP contribution in [-0.2, 0) is 0 Å². The van der Waals surface area contributed by atoms with Crippen molar-refractivity contribution in [2.24, 2.45) is 0 Å². The van der Waals surface area contributed by atoms with Crippen molar-refractivity contribution < 1.29 is 4.39 Å². The van der Waals surface area contributed by atoms with Crippen molar-refractivity contribution in [3.8, 4) is 5.69 Å². The Kier molecular flexibility index (Phi) is 3.20. The van der Waals surface area contributed by atoms with Crippen LogP contribution >= 0.6 is 11.6 Å². The molecule has 1 unspecified atom stereocenters. The van der Waals surface area contributed by atoms with E-state index < -0.39 is 0 Å². The molecular formula is C13H14ClFN2. The zero-order chi connectivity index (χ0) is 12.6. The second-order valence-electron chi connectivity index (χ2n) is 4.09. The van der Waals surface area contributed by atoms with Crippen LogP contribution in [0.4, 0.5) is 4.39 Å². The molecule has 17 heavy (non-hydrogen) atoms. The van der Waals surface area contributed by atoms with E-state index in [1.807, 2.05) is 20.8 Å². The van der Waals surface area contributed by atoms with Gasteiger partial charge in [-0.25, -0.2) is 9.07 Å². The topological polar surface area (TPSA) is 17.8 Å². The van der Waals surface area contributed by atoms with Crippen LogP contribution in [0, 0.1) is 19.7 Å². The number of halogens is 2. The van der Waals surface area contributed by atoms with Gasteiger partial charge in [0.25, 0.3) is 0 Å². The molecule has 2 nitrogen and oxygen atoms in total. The highest BCUT2D eigenvalue weighted by Gasteiger charge is 2.16. The molecular weight excluding hydrogens is 239 g/mol. The summed E-state index contributed by atoms with van der Waals surface area (Å²) in [5.74, 6) is -0.249. The molecule has 90 valence electrons. The van der Waals surface area contributed by atoms with Crippen LogP contribution in [0.5, 0.6) is 0 Å². The lowest BCUT2D eigenvalue weighted by atomic mass is 10.1. The van der Waals surface area contributed by atoms with Gasteiger partial charge in [-0.3, -0.25) is 0 Å². The number of hydrogen-bond donors (Lipinski definition) is 0. The molecule has 2 rings (SSSR count). The number of nitrogens with zero attached hydrogens (tertiary/aromatic N) is 2. The van der Waals surface area contributed by atoms with Crippen molar-refractivity contribution in [3.63, 3.8) is 0 Å². The van der Waals surface area contributed by atoms with E-state index in [1.54, 1.807) is 16.8 Å². The molecule has 0 bridgehead atoms. The lowest BCUT2D eigenvalue weighted by Gasteiger charge is -2.06. The van der Waals surface area contributed by atoms with E-state index >= 15 is 0 Å². The van der Waals surface area contributed by atoms with Crippen molar-refractivity contribution in [2.75, 3.05) is 0 Å². The highest BCUT2D eigenvalue weighted by Crippen LogP contribution is 2.27. The van der Waals surface area contributed by atoms with Crippen LogP contribution in [0.3, 0.4) is 0 Å². The summed E-state index contributed by atoms with van der Waals surface area (Å²) in [5.41, 5.74) is 3.79. The fourth-order valence-electron chi connectivity index (χ4n) is 2.06. The molecule has 0 spiro atoms. The Morgan fingerprint density at radius 1 is 1.24 bits per heavy atom. The van der Waals surface area contributed by atoms with E-state index in [-0.39, 0.29) is 11.2 Å². The third-order valence-corrected chi connectivity index (χ3v) is 3.03. The minimum Gasteiger partial charge on any atom is -0.238 e. The minimum atomic E-state index is -0.249. The van der Waals surface area contributed by atoms with E-state index in [9.17, 15) is 4.39 Å². The Bertz CT molecular complexity index is 529. The molecule has 1 aromatic heterocycles. The van der Waals surface area contributed by atoms with Gasteiger partial charge in [0.1, 0.15) is 5.82 Å². The predicted octanol–water partition coefficient (Wildman–Crippen LogP) is 3.93. The quantitative estimate of drug-likeness (QED) is 0.741. The molecule has 1 atom stereocenters. The van der Waals surface area contributed by atoms with E-state index in [2.05, 4.69) is 5.10 Å². The fraction of sp³-hybridized carbons (Fsp3) is 0.308. The van der Waals surface area contributed by atoms with Crippen LogP contribution < -0.4 is 0 Å². The third kappa shape index (κ3) is 2.20. The number of alkyl halides is 1. The Labute approximate surface area is 105 Å². The summed E-state index contributed by atoms with van der Waals surface area (Å²) < 4.78 is 14.7.